The Hall–Kier alpha value is -2.79. The van der Waals surface area contributed by atoms with E-state index in [9.17, 15) is 10.1 Å². The summed E-state index contributed by atoms with van der Waals surface area (Å²) >= 11 is 6.37. The largest absolute Gasteiger partial charge is 0.269 e. The average molecular weight is 421 g/mol. The van der Waals surface area contributed by atoms with Gasteiger partial charge in [-0.25, -0.2) is 20.4 Å². The van der Waals surface area contributed by atoms with E-state index in [0.717, 1.165) is 13.1 Å². The number of hydrazine groups is 1. The molecule has 3 unspecified atom stereocenters. The Kier molecular flexibility index (Phi) is 4.99. The number of benzene rings is 1. The van der Waals surface area contributed by atoms with Gasteiger partial charge in [-0.05, 0) is 36.8 Å². The Labute approximate surface area is 178 Å². The second-order valence-corrected chi connectivity index (χ2v) is 8.44. The molecule has 2 fully saturated rings. The number of pyridine rings is 1. The van der Waals surface area contributed by atoms with Gasteiger partial charge in [-0.2, -0.15) is 5.26 Å². The zero-order valence-electron chi connectivity index (χ0n) is 16.3. The molecule has 0 spiro atoms. The van der Waals surface area contributed by atoms with Crippen LogP contribution in [0.4, 0.5) is 0 Å². The van der Waals surface area contributed by atoms with Crippen LogP contribution in [-0.2, 0) is 0 Å². The summed E-state index contributed by atoms with van der Waals surface area (Å²) in [6.07, 6.45) is 5.91. The molecule has 1 saturated carbocycles. The van der Waals surface area contributed by atoms with Crippen LogP contribution in [0.1, 0.15) is 25.4 Å². The highest BCUT2D eigenvalue weighted by Crippen LogP contribution is 2.37. The smallest absolute Gasteiger partial charge is 0.262 e. The van der Waals surface area contributed by atoms with Crippen molar-refractivity contribution < 1.29 is 0 Å². The van der Waals surface area contributed by atoms with E-state index in [1.807, 2.05) is 12.1 Å². The summed E-state index contributed by atoms with van der Waals surface area (Å²) in [4.78, 5) is 21.9. The molecule has 1 aliphatic heterocycles. The van der Waals surface area contributed by atoms with Crippen LogP contribution in [0.2, 0.25) is 5.02 Å². The summed E-state index contributed by atoms with van der Waals surface area (Å²) in [7, 11) is 0. The predicted octanol–water partition coefficient (Wildman–Crippen LogP) is 3.37. The van der Waals surface area contributed by atoms with Crippen LogP contribution in [-0.4, -0.2) is 32.6 Å². The van der Waals surface area contributed by atoms with Crippen molar-refractivity contribution in [3.63, 3.8) is 0 Å². The minimum atomic E-state index is -0.879. The monoisotopic (exact) mass is 420 g/mol. The molecule has 1 saturated heterocycles. The van der Waals surface area contributed by atoms with E-state index in [2.05, 4.69) is 26.5 Å². The van der Waals surface area contributed by atoms with E-state index in [1.165, 1.54) is 30.2 Å². The van der Waals surface area contributed by atoms with Crippen molar-refractivity contribution in [3.05, 3.63) is 58.2 Å². The molecule has 30 heavy (non-hydrogen) atoms. The topological polar surface area (TPSA) is 86.8 Å². The zero-order valence-corrected chi connectivity index (χ0v) is 17.1. The maximum Gasteiger partial charge on any atom is 0.262 e. The summed E-state index contributed by atoms with van der Waals surface area (Å²) < 4.78 is 1.42. The van der Waals surface area contributed by atoms with Crippen LogP contribution in [0.5, 0.6) is 0 Å². The van der Waals surface area contributed by atoms with Gasteiger partial charge in [-0.15, -0.1) is 0 Å². The number of nitriles is 1. The van der Waals surface area contributed by atoms with Crippen molar-refractivity contribution in [2.75, 3.05) is 13.1 Å². The summed E-state index contributed by atoms with van der Waals surface area (Å²) in [5.41, 5.74) is 4.43. The van der Waals surface area contributed by atoms with Crippen molar-refractivity contribution in [1.82, 2.24) is 25.0 Å². The van der Waals surface area contributed by atoms with Crippen molar-refractivity contribution >= 4 is 22.6 Å². The molecule has 1 aromatic carbocycles. The molecule has 8 heteroatoms. The first-order valence-electron chi connectivity index (χ1n) is 10.2. The Morgan fingerprint density at radius 1 is 1.20 bits per heavy atom. The highest BCUT2D eigenvalue weighted by Gasteiger charge is 2.37. The minimum Gasteiger partial charge on any atom is -0.269 e. The van der Waals surface area contributed by atoms with E-state index in [-0.39, 0.29) is 5.56 Å². The zero-order chi connectivity index (χ0) is 20.7. The molecule has 1 N–H and O–H groups in total. The lowest BCUT2D eigenvalue weighted by Gasteiger charge is -2.24. The van der Waals surface area contributed by atoms with Gasteiger partial charge in [0, 0.05) is 40.8 Å². The Balaban J connectivity index is 1.60. The third kappa shape index (κ3) is 3.27. The summed E-state index contributed by atoms with van der Waals surface area (Å²) in [5.74, 6) is 1.34. The number of fused-ring (bicyclic) bond motifs is 2. The maximum atomic E-state index is 13.5. The van der Waals surface area contributed by atoms with Crippen LogP contribution in [0, 0.1) is 23.2 Å². The van der Waals surface area contributed by atoms with Crippen LogP contribution >= 0.6 is 11.6 Å². The SMILES string of the molecule is N#CC(NN1CC2CCCC2C1)n1c(=O)c(-c2ccccc2Cl)cc2cncnc21. The third-order valence-electron chi connectivity index (χ3n) is 6.27. The lowest BCUT2D eigenvalue weighted by Crippen LogP contribution is -2.44. The van der Waals surface area contributed by atoms with Gasteiger partial charge in [-0.1, -0.05) is 36.2 Å². The molecule has 3 atom stereocenters. The molecular formula is C22H21ClN6O. The number of hydrogen-bond donors (Lipinski definition) is 1. The molecule has 3 heterocycles. The van der Waals surface area contributed by atoms with Crippen LogP contribution in [0.15, 0.2) is 47.7 Å². The number of nitrogens with zero attached hydrogens (tertiary/aromatic N) is 5. The average Bonchev–Trinajstić information content (AvgIpc) is 3.34. The van der Waals surface area contributed by atoms with E-state index in [0.29, 0.717) is 39.0 Å². The molecule has 2 aliphatic rings. The second-order valence-electron chi connectivity index (χ2n) is 8.03. The van der Waals surface area contributed by atoms with Crippen molar-refractivity contribution in [2.24, 2.45) is 11.8 Å². The van der Waals surface area contributed by atoms with Crippen molar-refractivity contribution in [1.29, 1.82) is 5.26 Å². The van der Waals surface area contributed by atoms with E-state index < -0.39 is 6.17 Å². The van der Waals surface area contributed by atoms with Gasteiger partial charge in [0.05, 0.1) is 0 Å². The van der Waals surface area contributed by atoms with Gasteiger partial charge < -0.3 is 0 Å². The quantitative estimate of drug-likeness (QED) is 0.696. The number of nitrogens with one attached hydrogen (secondary N) is 1. The Morgan fingerprint density at radius 3 is 2.70 bits per heavy atom. The molecule has 7 nitrogen and oxygen atoms in total. The molecule has 2 aromatic heterocycles. The van der Waals surface area contributed by atoms with Crippen LogP contribution < -0.4 is 11.0 Å². The lowest BCUT2D eigenvalue weighted by molar-refractivity contribution is 0.175. The second kappa shape index (κ2) is 7.80. The summed E-state index contributed by atoms with van der Waals surface area (Å²) in [5, 5.41) is 13.2. The first-order valence-corrected chi connectivity index (χ1v) is 10.5. The van der Waals surface area contributed by atoms with E-state index >= 15 is 0 Å². The summed E-state index contributed by atoms with van der Waals surface area (Å²) in [6.45, 7) is 1.80. The number of halogens is 1. The van der Waals surface area contributed by atoms with Crippen molar-refractivity contribution in [2.45, 2.75) is 25.4 Å². The molecule has 0 radical (unpaired) electrons. The molecule has 0 bridgehead atoms. The molecule has 1 aliphatic carbocycles. The van der Waals surface area contributed by atoms with Gasteiger partial charge in [0.25, 0.3) is 5.56 Å². The fourth-order valence-electron chi connectivity index (χ4n) is 4.85. The van der Waals surface area contributed by atoms with Gasteiger partial charge >= 0.3 is 0 Å². The predicted molar refractivity (Wildman–Crippen MR) is 114 cm³/mol. The maximum absolute atomic E-state index is 13.5. The Morgan fingerprint density at radius 2 is 1.97 bits per heavy atom. The van der Waals surface area contributed by atoms with Crippen molar-refractivity contribution in [3.8, 4) is 17.2 Å². The van der Waals surface area contributed by atoms with Crippen LogP contribution in [0.25, 0.3) is 22.2 Å². The molecule has 5 rings (SSSR count). The Bertz CT molecular complexity index is 1190. The van der Waals surface area contributed by atoms with E-state index in [1.54, 1.807) is 24.4 Å². The van der Waals surface area contributed by atoms with E-state index in [4.69, 9.17) is 11.6 Å². The van der Waals surface area contributed by atoms with Gasteiger partial charge in [-0.3, -0.25) is 9.36 Å². The minimum absolute atomic E-state index is 0.312. The normalized spacial score (nSPS) is 22.1. The molecule has 152 valence electrons. The first-order chi connectivity index (χ1) is 14.7. The third-order valence-corrected chi connectivity index (χ3v) is 6.60. The lowest BCUT2D eigenvalue weighted by atomic mass is 10.0. The van der Waals surface area contributed by atoms with Gasteiger partial charge in [0.2, 0.25) is 0 Å². The number of hydrogen-bond acceptors (Lipinski definition) is 6. The fourth-order valence-corrected chi connectivity index (χ4v) is 5.09. The molecule has 3 aromatic rings. The fraction of sp³-hybridized carbons (Fsp3) is 0.364. The van der Waals surface area contributed by atoms with Crippen LogP contribution in [0.3, 0.4) is 0 Å². The van der Waals surface area contributed by atoms with Gasteiger partial charge in [0.15, 0.2) is 6.17 Å². The number of aromatic nitrogens is 3. The highest BCUT2D eigenvalue weighted by atomic mass is 35.5. The summed E-state index contributed by atoms with van der Waals surface area (Å²) in [6, 6.07) is 11.2. The highest BCUT2D eigenvalue weighted by molar-refractivity contribution is 6.33. The standard InChI is InChI=1S/C22H21ClN6O/c23-19-7-2-1-6-17(19)18-8-16-10-25-13-26-21(16)29(22(18)30)20(9-24)27-28-11-14-4-3-5-15(14)12-28/h1-2,6-8,10,13-15,20,27H,3-5,11-12H2. The first kappa shape index (κ1) is 19.2. The van der Waals surface area contributed by atoms with Gasteiger partial charge in [0.1, 0.15) is 18.0 Å². The molecular weight excluding hydrogens is 400 g/mol. The number of rotatable bonds is 4. The molecule has 0 amide bonds.